The lowest BCUT2D eigenvalue weighted by Crippen LogP contribution is -2.21. The van der Waals surface area contributed by atoms with E-state index in [-0.39, 0.29) is 5.82 Å². The van der Waals surface area contributed by atoms with Crippen molar-refractivity contribution in [3.05, 3.63) is 42.0 Å². The second-order valence-corrected chi connectivity index (χ2v) is 6.51. The van der Waals surface area contributed by atoms with Crippen molar-refractivity contribution < 1.29 is 9.13 Å². The van der Waals surface area contributed by atoms with E-state index in [2.05, 4.69) is 20.2 Å². The van der Waals surface area contributed by atoms with Crippen molar-refractivity contribution in [2.75, 3.05) is 30.4 Å². The van der Waals surface area contributed by atoms with Gasteiger partial charge in [-0.05, 0) is 37.0 Å². The Labute approximate surface area is 140 Å². The number of rotatable bonds is 5. The van der Waals surface area contributed by atoms with Gasteiger partial charge in [-0.1, -0.05) is 6.07 Å². The highest BCUT2D eigenvalue weighted by Gasteiger charge is 2.26. The van der Waals surface area contributed by atoms with Gasteiger partial charge in [0.05, 0.1) is 7.11 Å². The molecular weight excluding hydrogens is 307 g/mol. The van der Waals surface area contributed by atoms with E-state index in [0.29, 0.717) is 17.7 Å². The average molecular weight is 328 g/mol. The summed E-state index contributed by atoms with van der Waals surface area (Å²) in [6.07, 6.45) is 5.03. The van der Waals surface area contributed by atoms with E-state index in [0.717, 1.165) is 36.7 Å². The third-order valence-corrected chi connectivity index (χ3v) is 4.74. The number of nitrogens with one attached hydrogen (secondary N) is 1. The molecule has 2 heterocycles. The van der Waals surface area contributed by atoms with Crippen molar-refractivity contribution in [3.63, 3.8) is 0 Å². The minimum absolute atomic E-state index is 0.292. The third kappa shape index (κ3) is 3.13. The lowest BCUT2D eigenvalue weighted by Gasteiger charge is -2.18. The average Bonchev–Trinajstić information content (AvgIpc) is 3.27. The summed E-state index contributed by atoms with van der Waals surface area (Å²) >= 11 is 0. The largest absolute Gasteiger partial charge is 0.494 e. The van der Waals surface area contributed by atoms with Gasteiger partial charge in [-0.15, -0.1) is 0 Å². The molecule has 0 spiro atoms. The number of halogens is 1. The van der Waals surface area contributed by atoms with Crippen LogP contribution in [0.5, 0.6) is 5.75 Å². The quantitative estimate of drug-likeness (QED) is 0.913. The minimum Gasteiger partial charge on any atom is -0.494 e. The molecular formula is C18H21FN4O. The Morgan fingerprint density at radius 3 is 2.83 bits per heavy atom. The fourth-order valence-electron chi connectivity index (χ4n) is 3.21. The Hall–Kier alpha value is -2.37. The standard InChI is InChI=1S/C18H21FN4O/c1-24-16-5-2-12(8-15(16)19)13-6-7-23(10-13)18-9-17(20-11-21-18)22-14-3-4-14/h2,5,8-9,11,13-14H,3-4,6-7,10H2,1H3,(H,20,21,22). The summed E-state index contributed by atoms with van der Waals surface area (Å²) in [5.41, 5.74) is 1.01. The van der Waals surface area contributed by atoms with Gasteiger partial charge < -0.3 is 15.0 Å². The van der Waals surface area contributed by atoms with E-state index in [1.54, 1.807) is 18.5 Å². The van der Waals surface area contributed by atoms with Crippen LogP contribution in [0.3, 0.4) is 0 Å². The smallest absolute Gasteiger partial charge is 0.165 e. The molecule has 1 aromatic carbocycles. The van der Waals surface area contributed by atoms with E-state index >= 15 is 0 Å². The topological polar surface area (TPSA) is 50.3 Å². The number of methoxy groups -OCH3 is 1. The predicted molar refractivity (Wildman–Crippen MR) is 91.2 cm³/mol. The SMILES string of the molecule is COc1ccc(C2CCN(c3cc(NC4CC4)ncn3)C2)cc1F. The molecule has 2 fully saturated rings. The maximum atomic E-state index is 13.9. The summed E-state index contributed by atoms with van der Waals surface area (Å²) in [7, 11) is 1.48. The molecule has 6 heteroatoms. The fourth-order valence-corrected chi connectivity index (χ4v) is 3.21. The molecule has 1 aromatic heterocycles. The van der Waals surface area contributed by atoms with Crippen LogP contribution in [-0.4, -0.2) is 36.2 Å². The molecule has 126 valence electrons. The minimum atomic E-state index is -0.300. The third-order valence-electron chi connectivity index (χ3n) is 4.74. The Balaban J connectivity index is 1.47. The first-order valence-corrected chi connectivity index (χ1v) is 8.40. The van der Waals surface area contributed by atoms with Crippen molar-refractivity contribution in [1.82, 2.24) is 9.97 Å². The molecule has 4 rings (SSSR count). The van der Waals surface area contributed by atoms with Crippen LogP contribution in [-0.2, 0) is 0 Å². The van der Waals surface area contributed by atoms with Gasteiger partial charge in [0.25, 0.3) is 0 Å². The number of ether oxygens (including phenoxy) is 1. The highest BCUT2D eigenvalue weighted by molar-refractivity contribution is 5.50. The van der Waals surface area contributed by atoms with E-state index in [1.807, 2.05) is 12.1 Å². The normalized spacial score (nSPS) is 20.2. The first kappa shape index (κ1) is 15.2. The number of nitrogens with zero attached hydrogens (tertiary/aromatic N) is 3. The van der Waals surface area contributed by atoms with Crippen LogP contribution in [0.1, 0.15) is 30.7 Å². The van der Waals surface area contributed by atoms with Gasteiger partial charge in [0, 0.05) is 31.1 Å². The first-order valence-electron chi connectivity index (χ1n) is 8.40. The van der Waals surface area contributed by atoms with Crippen LogP contribution in [0, 0.1) is 5.82 Å². The lowest BCUT2D eigenvalue weighted by molar-refractivity contribution is 0.386. The van der Waals surface area contributed by atoms with Gasteiger partial charge in [-0.2, -0.15) is 0 Å². The number of anilines is 2. The zero-order valence-corrected chi connectivity index (χ0v) is 13.7. The summed E-state index contributed by atoms with van der Waals surface area (Å²) in [5, 5.41) is 3.40. The molecule has 1 N–H and O–H groups in total. The molecule has 1 aliphatic heterocycles. The Kier molecular flexibility index (Phi) is 3.96. The Morgan fingerprint density at radius 2 is 2.08 bits per heavy atom. The van der Waals surface area contributed by atoms with Crippen molar-refractivity contribution in [2.45, 2.75) is 31.2 Å². The monoisotopic (exact) mass is 328 g/mol. The zero-order valence-electron chi connectivity index (χ0n) is 13.7. The van der Waals surface area contributed by atoms with Crippen LogP contribution in [0.15, 0.2) is 30.6 Å². The molecule has 24 heavy (non-hydrogen) atoms. The molecule has 2 aromatic rings. The van der Waals surface area contributed by atoms with Crippen LogP contribution in [0.4, 0.5) is 16.0 Å². The molecule has 0 amide bonds. The predicted octanol–water partition coefficient (Wildman–Crippen LogP) is 3.19. The molecule has 1 aliphatic carbocycles. The van der Waals surface area contributed by atoms with Crippen molar-refractivity contribution in [1.29, 1.82) is 0 Å². The van der Waals surface area contributed by atoms with Gasteiger partial charge in [-0.25, -0.2) is 14.4 Å². The van der Waals surface area contributed by atoms with Gasteiger partial charge in [0.1, 0.15) is 18.0 Å². The van der Waals surface area contributed by atoms with E-state index in [1.165, 1.54) is 20.0 Å². The second kappa shape index (κ2) is 6.26. The summed E-state index contributed by atoms with van der Waals surface area (Å²) in [6.45, 7) is 1.75. The molecule has 1 saturated heterocycles. The van der Waals surface area contributed by atoms with Gasteiger partial charge >= 0.3 is 0 Å². The van der Waals surface area contributed by atoms with Crippen LogP contribution >= 0.6 is 0 Å². The number of aromatic nitrogens is 2. The summed E-state index contributed by atoms with van der Waals surface area (Å²) in [6, 6.07) is 7.83. The maximum absolute atomic E-state index is 13.9. The summed E-state index contributed by atoms with van der Waals surface area (Å²) in [5.74, 6) is 2.12. The summed E-state index contributed by atoms with van der Waals surface area (Å²) < 4.78 is 18.9. The van der Waals surface area contributed by atoms with Crippen LogP contribution in [0.2, 0.25) is 0 Å². The molecule has 2 aliphatic rings. The second-order valence-electron chi connectivity index (χ2n) is 6.51. The number of benzene rings is 1. The van der Waals surface area contributed by atoms with Crippen molar-refractivity contribution >= 4 is 11.6 Å². The molecule has 1 unspecified atom stereocenters. The lowest BCUT2D eigenvalue weighted by atomic mass is 9.98. The molecule has 5 nitrogen and oxygen atoms in total. The summed E-state index contributed by atoms with van der Waals surface area (Å²) in [4.78, 5) is 10.9. The van der Waals surface area contributed by atoms with Gasteiger partial charge in [-0.3, -0.25) is 0 Å². The molecule has 1 atom stereocenters. The fraction of sp³-hybridized carbons (Fsp3) is 0.444. The van der Waals surface area contributed by atoms with E-state index in [9.17, 15) is 4.39 Å². The zero-order chi connectivity index (χ0) is 16.5. The highest BCUT2D eigenvalue weighted by Crippen LogP contribution is 2.32. The van der Waals surface area contributed by atoms with Crippen molar-refractivity contribution in [3.8, 4) is 5.75 Å². The van der Waals surface area contributed by atoms with Gasteiger partial charge in [0.2, 0.25) is 0 Å². The molecule has 0 bridgehead atoms. The Bertz CT molecular complexity index is 735. The highest BCUT2D eigenvalue weighted by atomic mass is 19.1. The van der Waals surface area contributed by atoms with E-state index in [4.69, 9.17) is 4.74 Å². The van der Waals surface area contributed by atoms with Crippen molar-refractivity contribution in [2.24, 2.45) is 0 Å². The maximum Gasteiger partial charge on any atom is 0.165 e. The number of hydrogen-bond acceptors (Lipinski definition) is 5. The first-order chi connectivity index (χ1) is 11.7. The van der Waals surface area contributed by atoms with Crippen LogP contribution in [0.25, 0.3) is 0 Å². The number of hydrogen-bond donors (Lipinski definition) is 1. The molecule has 1 saturated carbocycles. The molecule has 0 radical (unpaired) electrons. The van der Waals surface area contributed by atoms with Crippen LogP contribution < -0.4 is 15.0 Å². The Morgan fingerprint density at radius 1 is 1.21 bits per heavy atom. The van der Waals surface area contributed by atoms with E-state index < -0.39 is 0 Å². The van der Waals surface area contributed by atoms with Gasteiger partial charge in [0.15, 0.2) is 11.6 Å².